The number of nitrogens with zero attached hydrogens (tertiary/aromatic N) is 1. The quantitative estimate of drug-likeness (QED) is 0.242. The van der Waals surface area contributed by atoms with Crippen molar-refractivity contribution in [1.29, 1.82) is 0 Å². The molecule has 0 saturated carbocycles. The molecule has 0 spiro atoms. The van der Waals surface area contributed by atoms with E-state index in [-0.39, 0.29) is 32.3 Å². The zero-order chi connectivity index (χ0) is 26.7. The monoisotopic (exact) mass is 582 g/mol. The van der Waals surface area contributed by atoms with E-state index in [9.17, 15) is 22.8 Å². The van der Waals surface area contributed by atoms with Crippen molar-refractivity contribution in [3.05, 3.63) is 92.8 Å². The van der Waals surface area contributed by atoms with Gasteiger partial charge in [0.05, 0.1) is 31.9 Å². The average molecular weight is 583 g/mol. The third-order valence-electron chi connectivity index (χ3n) is 4.99. The summed E-state index contributed by atoms with van der Waals surface area (Å²) in [6.45, 7) is -0.320. The summed E-state index contributed by atoms with van der Waals surface area (Å²) < 4.78 is 44.9. The predicted octanol–water partition coefficient (Wildman–Crippen LogP) is 7.44. The van der Waals surface area contributed by atoms with Crippen molar-refractivity contribution in [2.24, 2.45) is 0 Å². The Hall–Kier alpha value is -3.05. The smallest absolute Gasteiger partial charge is 0.416 e. The SMILES string of the molecule is O=C(COc1ccc(/C=C2\SC(=S)N(c3cccc(C(F)(F)F)c3)C2=O)cc1Cl)Nc1ccccc1Cl. The fourth-order valence-corrected chi connectivity index (χ4v) is 5.00. The fraction of sp³-hybridized carbons (Fsp3) is 0.0800. The number of alkyl halides is 3. The topological polar surface area (TPSA) is 58.6 Å². The maximum Gasteiger partial charge on any atom is 0.416 e. The highest BCUT2D eigenvalue weighted by atomic mass is 35.5. The van der Waals surface area contributed by atoms with Crippen LogP contribution in [-0.2, 0) is 15.8 Å². The lowest BCUT2D eigenvalue weighted by Gasteiger charge is -2.16. The number of para-hydroxylation sites is 1. The number of rotatable bonds is 6. The van der Waals surface area contributed by atoms with Crippen molar-refractivity contribution in [3.63, 3.8) is 0 Å². The molecular weight excluding hydrogens is 568 g/mol. The molecule has 5 nitrogen and oxygen atoms in total. The Morgan fingerprint density at radius 1 is 1.05 bits per heavy atom. The van der Waals surface area contributed by atoms with E-state index in [4.69, 9.17) is 40.2 Å². The molecule has 1 N–H and O–H groups in total. The van der Waals surface area contributed by atoms with E-state index in [1.165, 1.54) is 30.3 Å². The molecule has 190 valence electrons. The molecule has 3 aromatic carbocycles. The van der Waals surface area contributed by atoms with Gasteiger partial charge in [-0.3, -0.25) is 14.5 Å². The molecule has 0 unspecified atom stereocenters. The Bertz CT molecular complexity index is 1430. The van der Waals surface area contributed by atoms with E-state index in [0.717, 1.165) is 28.8 Å². The number of carbonyl (C=O) groups is 2. The van der Waals surface area contributed by atoms with Crippen LogP contribution in [0.5, 0.6) is 5.75 Å². The second-order valence-corrected chi connectivity index (χ2v) is 10.1. The summed E-state index contributed by atoms with van der Waals surface area (Å²) in [6.07, 6.45) is -3.03. The van der Waals surface area contributed by atoms with Crippen LogP contribution < -0.4 is 15.0 Å². The van der Waals surface area contributed by atoms with Crippen LogP contribution in [0.1, 0.15) is 11.1 Å². The molecule has 0 atom stereocenters. The second kappa shape index (κ2) is 11.1. The lowest BCUT2D eigenvalue weighted by molar-refractivity contribution is -0.137. The van der Waals surface area contributed by atoms with Gasteiger partial charge >= 0.3 is 6.18 Å². The van der Waals surface area contributed by atoms with Crippen LogP contribution in [0, 0.1) is 0 Å². The molecule has 0 radical (unpaired) electrons. The number of benzene rings is 3. The van der Waals surface area contributed by atoms with Crippen LogP contribution in [0.25, 0.3) is 6.08 Å². The van der Waals surface area contributed by atoms with Crippen molar-refractivity contribution >= 4 is 80.8 Å². The average Bonchev–Trinajstić information content (AvgIpc) is 3.12. The first kappa shape index (κ1) is 27.0. The van der Waals surface area contributed by atoms with E-state index in [0.29, 0.717) is 16.3 Å². The third-order valence-corrected chi connectivity index (χ3v) is 6.91. The number of nitrogens with one attached hydrogen (secondary N) is 1. The number of halogens is 5. The number of hydrogen-bond acceptors (Lipinski definition) is 5. The van der Waals surface area contributed by atoms with Crippen molar-refractivity contribution in [1.82, 2.24) is 0 Å². The Labute approximate surface area is 229 Å². The van der Waals surface area contributed by atoms with Gasteiger partial charge in [-0.15, -0.1) is 0 Å². The Morgan fingerprint density at radius 3 is 2.51 bits per heavy atom. The minimum atomic E-state index is -4.55. The zero-order valence-electron chi connectivity index (χ0n) is 18.5. The third kappa shape index (κ3) is 6.45. The zero-order valence-corrected chi connectivity index (χ0v) is 21.7. The van der Waals surface area contributed by atoms with Crippen molar-refractivity contribution in [2.45, 2.75) is 6.18 Å². The first-order valence-electron chi connectivity index (χ1n) is 10.4. The molecule has 2 amide bonds. The summed E-state index contributed by atoms with van der Waals surface area (Å²) in [5.74, 6) is -0.752. The van der Waals surface area contributed by atoms with E-state index in [2.05, 4.69) is 5.32 Å². The minimum Gasteiger partial charge on any atom is -0.482 e. The fourth-order valence-electron chi connectivity index (χ4n) is 3.28. The standard InChI is InChI=1S/C25H15Cl2F3N2O3S2/c26-17-6-1-2-7-19(17)31-22(33)13-35-20-9-8-14(10-18(20)27)11-21-23(34)32(24(36)37-21)16-5-3-4-15(12-16)25(28,29)30/h1-12H,13H2,(H,31,33)/b21-11-. The predicted molar refractivity (Wildman–Crippen MR) is 144 cm³/mol. The molecule has 1 aliphatic rings. The number of thioether (sulfide) groups is 1. The van der Waals surface area contributed by atoms with Gasteiger partial charge in [-0.25, -0.2) is 0 Å². The van der Waals surface area contributed by atoms with Crippen LogP contribution in [0.4, 0.5) is 24.5 Å². The Kier molecular flexibility index (Phi) is 8.13. The van der Waals surface area contributed by atoms with Crippen LogP contribution >= 0.6 is 47.2 Å². The summed E-state index contributed by atoms with van der Waals surface area (Å²) in [5, 5.41) is 3.20. The van der Waals surface area contributed by atoms with Gasteiger partial charge in [0.25, 0.3) is 11.8 Å². The summed E-state index contributed by atoms with van der Waals surface area (Å²) in [5.41, 5.74) is 0.118. The van der Waals surface area contributed by atoms with E-state index in [1.54, 1.807) is 30.3 Å². The maximum atomic E-state index is 13.1. The largest absolute Gasteiger partial charge is 0.482 e. The molecule has 0 aliphatic carbocycles. The van der Waals surface area contributed by atoms with Gasteiger partial charge in [0.2, 0.25) is 0 Å². The lowest BCUT2D eigenvalue weighted by atomic mass is 10.1. The van der Waals surface area contributed by atoms with Crippen LogP contribution in [0.3, 0.4) is 0 Å². The number of ether oxygens (including phenoxy) is 1. The van der Waals surface area contributed by atoms with Crippen LogP contribution in [0.2, 0.25) is 10.0 Å². The van der Waals surface area contributed by atoms with E-state index >= 15 is 0 Å². The van der Waals surface area contributed by atoms with E-state index < -0.39 is 23.6 Å². The van der Waals surface area contributed by atoms with Gasteiger partial charge in [0.1, 0.15) is 5.75 Å². The van der Waals surface area contributed by atoms with Crippen LogP contribution in [0.15, 0.2) is 71.6 Å². The van der Waals surface area contributed by atoms with Gasteiger partial charge in [0.15, 0.2) is 10.9 Å². The minimum absolute atomic E-state index is 0.0255. The highest BCUT2D eigenvalue weighted by Crippen LogP contribution is 2.39. The normalized spacial score (nSPS) is 14.8. The molecule has 1 aliphatic heterocycles. The van der Waals surface area contributed by atoms with Gasteiger partial charge < -0.3 is 10.1 Å². The molecule has 0 aromatic heterocycles. The molecule has 1 heterocycles. The van der Waals surface area contributed by atoms with Gasteiger partial charge in [-0.05, 0) is 54.1 Å². The Morgan fingerprint density at radius 2 is 1.81 bits per heavy atom. The van der Waals surface area contributed by atoms with Crippen molar-refractivity contribution < 1.29 is 27.5 Å². The molecule has 3 aromatic rings. The first-order chi connectivity index (χ1) is 17.5. The number of amides is 2. The van der Waals surface area contributed by atoms with Crippen molar-refractivity contribution in [2.75, 3.05) is 16.8 Å². The summed E-state index contributed by atoms with van der Waals surface area (Å²) in [6, 6.07) is 15.8. The highest BCUT2D eigenvalue weighted by molar-refractivity contribution is 8.27. The first-order valence-corrected chi connectivity index (χ1v) is 12.4. The summed E-state index contributed by atoms with van der Waals surface area (Å²) >= 11 is 18.5. The van der Waals surface area contributed by atoms with Crippen molar-refractivity contribution in [3.8, 4) is 5.75 Å². The van der Waals surface area contributed by atoms with Gasteiger partial charge in [-0.1, -0.05) is 71.4 Å². The molecular formula is C25H15Cl2F3N2O3S2. The second-order valence-electron chi connectivity index (χ2n) is 7.57. The molecule has 1 saturated heterocycles. The lowest BCUT2D eigenvalue weighted by Crippen LogP contribution is -2.27. The van der Waals surface area contributed by atoms with E-state index in [1.807, 2.05) is 0 Å². The molecule has 37 heavy (non-hydrogen) atoms. The Balaban J connectivity index is 1.44. The number of hydrogen-bond donors (Lipinski definition) is 1. The molecule has 12 heteroatoms. The summed E-state index contributed by atoms with van der Waals surface area (Å²) in [7, 11) is 0. The highest BCUT2D eigenvalue weighted by Gasteiger charge is 2.36. The molecule has 0 bridgehead atoms. The number of anilines is 2. The van der Waals surface area contributed by atoms with Gasteiger partial charge in [-0.2, -0.15) is 13.2 Å². The summed E-state index contributed by atoms with van der Waals surface area (Å²) in [4.78, 5) is 26.4. The maximum absolute atomic E-state index is 13.1. The van der Waals surface area contributed by atoms with Gasteiger partial charge in [0, 0.05) is 0 Å². The molecule has 4 rings (SSSR count). The number of carbonyl (C=O) groups excluding carboxylic acids is 2. The van der Waals surface area contributed by atoms with Crippen LogP contribution in [-0.4, -0.2) is 22.7 Å². The number of thiocarbonyl (C=S) groups is 1. The molecule has 1 fully saturated rings.